The van der Waals surface area contributed by atoms with E-state index in [1.807, 2.05) is 20.8 Å². The van der Waals surface area contributed by atoms with Crippen molar-refractivity contribution in [2.45, 2.75) is 46.8 Å². The van der Waals surface area contributed by atoms with Crippen molar-refractivity contribution in [1.82, 2.24) is 15.1 Å². The van der Waals surface area contributed by atoms with Crippen LogP contribution in [0.25, 0.3) is 0 Å². The number of likely N-dealkylation sites (N-methyl/N-ethyl adjacent to an activating group) is 1. The van der Waals surface area contributed by atoms with Gasteiger partial charge in [-0.25, -0.2) is 0 Å². The van der Waals surface area contributed by atoms with Crippen LogP contribution in [0, 0.1) is 5.41 Å². The van der Waals surface area contributed by atoms with E-state index in [0.29, 0.717) is 6.54 Å². The zero-order valence-corrected chi connectivity index (χ0v) is 19.9. The Labute approximate surface area is 189 Å². The summed E-state index contributed by atoms with van der Waals surface area (Å²) in [6.45, 7) is 15.4. The SMILES string of the molecule is CCN1CCN(Cc2ccc(CNC(=O)[C@@H](N)C(C)(C)C)cc2)CC1.Cl.Cl.Cl. The third-order valence-corrected chi connectivity index (χ3v) is 5.02. The zero-order valence-electron chi connectivity index (χ0n) is 17.4. The smallest absolute Gasteiger partial charge is 0.237 e. The second-order valence-electron chi connectivity index (χ2n) is 8.09. The van der Waals surface area contributed by atoms with Crippen LogP contribution in [0.1, 0.15) is 38.8 Å². The molecule has 1 aliphatic rings. The maximum atomic E-state index is 12.1. The van der Waals surface area contributed by atoms with Gasteiger partial charge in [0.1, 0.15) is 0 Å². The van der Waals surface area contributed by atoms with Gasteiger partial charge in [0.05, 0.1) is 6.04 Å². The third-order valence-electron chi connectivity index (χ3n) is 5.02. The first-order valence-electron chi connectivity index (χ1n) is 9.35. The molecule has 1 aromatic carbocycles. The van der Waals surface area contributed by atoms with E-state index in [-0.39, 0.29) is 48.5 Å². The van der Waals surface area contributed by atoms with Gasteiger partial charge < -0.3 is 16.0 Å². The van der Waals surface area contributed by atoms with Crippen LogP contribution in [0.2, 0.25) is 0 Å². The molecule has 5 nitrogen and oxygen atoms in total. The van der Waals surface area contributed by atoms with Gasteiger partial charge in [-0.3, -0.25) is 9.69 Å². The highest BCUT2D eigenvalue weighted by Crippen LogP contribution is 2.17. The summed E-state index contributed by atoms with van der Waals surface area (Å²) in [5.74, 6) is -0.0922. The number of carbonyl (C=O) groups is 1. The van der Waals surface area contributed by atoms with Crippen molar-refractivity contribution in [3.8, 4) is 0 Å². The number of piperazine rings is 1. The fourth-order valence-corrected chi connectivity index (χ4v) is 2.98. The molecule has 8 heteroatoms. The Morgan fingerprint density at radius 2 is 1.46 bits per heavy atom. The molecule has 0 spiro atoms. The van der Waals surface area contributed by atoms with Crippen LogP contribution in [-0.4, -0.2) is 54.5 Å². The van der Waals surface area contributed by atoms with Gasteiger partial charge in [-0.05, 0) is 23.1 Å². The van der Waals surface area contributed by atoms with Crippen LogP contribution in [0.4, 0.5) is 0 Å². The number of nitrogens with zero attached hydrogens (tertiary/aromatic N) is 2. The molecule has 3 N–H and O–H groups in total. The van der Waals surface area contributed by atoms with Gasteiger partial charge in [-0.2, -0.15) is 0 Å². The van der Waals surface area contributed by atoms with E-state index in [0.717, 1.165) is 44.8 Å². The first kappa shape index (κ1) is 29.6. The molecule has 1 heterocycles. The van der Waals surface area contributed by atoms with Crippen LogP contribution >= 0.6 is 37.2 Å². The number of hydrogen-bond acceptors (Lipinski definition) is 4. The number of nitrogens with two attached hydrogens (primary N) is 1. The molecule has 0 bridgehead atoms. The van der Waals surface area contributed by atoms with Crippen molar-refractivity contribution in [3.05, 3.63) is 35.4 Å². The Kier molecular flexibility index (Phi) is 14.4. The molecule has 1 saturated heterocycles. The number of nitrogens with one attached hydrogen (secondary N) is 1. The Morgan fingerprint density at radius 3 is 1.93 bits per heavy atom. The van der Waals surface area contributed by atoms with Crippen molar-refractivity contribution >= 4 is 43.1 Å². The lowest BCUT2D eigenvalue weighted by molar-refractivity contribution is -0.124. The minimum Gasteiger partial charge on any atom is -0.351 e. The second kappa shape index (κ2) is 13.6. The zero-order chi connectivity index (χ0) is 18.4. The van der Waals surface area contributed by atoms with Gasteiger partial charge in [0, 0.05) is 39.3 Å². The lowest BCUT2D eigenvalue weighted by Gasteiger charge is -2.34. The van der Waals surface area contributed by atoms with E-state index in [1.54, 1.807) is 0 Å². The van der Waals surface area contributed by atoms with Crippen LogP contribution in [0.15, 0.2) is 24.3 Å². The summed E-state index contributed by atoms with van der Waals surface area (Å²) in [6, 6.07) is 8.03. The Hall–Kier alpha value is -0.560. The number of carbonyl (C=O) groups excluding carboxylic acids is 1. The first-order valence-corrected chi connectivity index (χ1v) is 9.35. The fourth-order valence-electron chi connectivity index (χ4n) is 2.98. The van der Waals surface area contributed by atoms with Crippen molar-refractivity contribution in [2.75, 3.05) is 32.7 Å². The van der Waals surface area contributed by atoms with Crippen LogP contribution in [0.3, 0.4) is 0 Å². The van der Waals surface area contributed by atoms with E-state index in [2.05, 4.69) is 46.3 Å². The predicted molar refractivity (Wildman–Crippen MR) is 125 cm³/mol. The number of halogens is 3. The monoisotopic (exact) mass is 454 g/mol. The van der Waals surface area contributed by atoms with Crippen molar-refractivity contribution < 1.29 is 4.79 Å². The first-order chi connectivity index (χ1) is 11.8. The van der Waals surface area contributed by atoms with Crippen molar-refractivity contribution in [2.24, 2.45) is 11.1 Å². The predicted octanol–water partition coefficient (Wildman–Crippen LogP) is 3.08. The van der Waals surface area contributed by atoms with Crippen LogP contribution in [0.5, 0.6) is 0 Å². The summed E-state index contributed by atoms with van der Waals surface area (Å²) >= 11 is 0. The third kappa shape index (κ3) is 9.29. The molecule has 1 aromatic rings. The van der Waals surface area contributed by atoms with Gasteiger partial charge in [-0.15, -0.1) is 37.2 Å². The summed E-state index contributed by atoms with van der Waals surface area (Å²) in [5.41, 5.74) is 8.19. The summed E-state index contributed by atoms with van der Waals surface area (Å²) in [6.07, 6.45) is 0. The van der Waals surface area contributed by atoms with Gasteiger partial charge >= 0.3 is 0 Å². The minimum atomic E-state index is -0.492. The van der Waals surface area contributed by atoms with Crippen molar-refractivity contribution in [1.29, 1.82) is 0 Å². The fraction of sp³-hybridized carbons (Fsp3) is 0.650. The lowest BCUT2D eigenvalue weighted by atomic mass is 9.87. The largest absolute Gasteiger partial charge is 0.351 e. The molecule has 28 heavy (non-hydrogen) atoms. The molecular weight excluding hydrogens is 419 g/mol. The van der Waals surface area contributed by atoms with E-state index >= 15 is 0 Å². The number of hydrogen-bond donors (Lipinski definition) is 2. The molecule has 0 radical (unpaired) electrons. The normalized spacial score (nSPS) is 16.2. The van der Waals surface area contributed by atoms with E-state index in [9.17, 15) is 4.79 Å². The van der Waals surface area contributed by atoms with E-state index < -0.39 is 6.04 Å². The molecular formula is C20H37Cl3N4O. The standard InChI is InChI=1S/C20H34N4O.3ClH/c1-5-23-10-12-24(13-11-23)15-17-8-6-16(7-9-17)14-22-19(25)18(21)20(2,3)4;;;/h6-9,18H,5,10-15,21H2,1-4H3,(H,22,25);3*1H/t18-;;;/m1.../s1. The molecule has 1 amide bonds. The molecule has 0 aromatic heterocycles. The quantitative estimate of drug-likeness (QED) is 0.692. The molecule has 0 unspecified atom stereocenters. The highest BCUT2D eigenvalue weighted by atomic mass is 35.5. The topological polar surface area (TPSA) is 61.6 Å². The van der Waals surface area contributed by atoms with Crippen LogP contribution in [-0.2, 0) is 17.9 Å². The minimum absolute atomic E-state index is 0. The average Bonchev–Trinajstić information content (AvgIpc) is 2.60. The number of rotatable bonds is 6. The molecule has 1 atom stereocenters. The molecule has 0 saturated carbocycles. The number of amides is 1. The van der Waals surface area contributed by atoms with Gasteiger partial charge in [0.25, 0.3) is 0 Å². The molecule has 1 fully saturated rings. The maximum Gasteiger partial charge on any atom is 0.237 e. The lowest BCUT2D eigenvalue weighted by Crippen LogP contribution is -2.48. The van der Waals surface area contributed by atoms with Gasteiger partial charge in [0.2, 0.25) is 5.91 Å². The van der Waals surface area contributed by atoms with E-state index in [1.165, 1.54) is 5.56 Å². The number of benzene rings is 1. The molecule has 164 valence electrons. The Bertz CT molecular complexity index is 556. The molecule has 2 rings (SSSR count). The second-order valence-corrected chi connectivity index (χ2v) is 8.09. The molecule has 0 aliphatic carbocycles. The Balaban J connectivity index is 0. The van der Waals surface area contributed by atoms with Crippen molar-refractivity contribution in [3.63, 3.8) is 0 Å². The highest BCUT2D eigenvalue weighted by Gasteiger charge is 2.27. The summed E-state index contributed by atoms with van der Waals surface area (Å²) in [4.78, 5) is 17.1. The average molecular weight is 456 g/mol. The summed E-state index contributed by atoms with van der Waals surface area (Å²) in [5, 5.41) is 2.94. The highest BCUT2D eigenvalue weighted by molar-refractivity contribution is 5.86. The summed E-state index contributed by atoms with van der Waals surface area (Å²) in [7, 11) is 0. The Morgan fingerprint density at radius 1 is 1.00 bits per heavy atom. The molecule has 1 aliphatic heterocycles. The van der Waals surface area contributed by atoms with Gasteiger partial charge in [0.15, 0.2) is 0 Å². The maximum absolute atomic E-state index is 12.1. The van der Waals surface area contributed by atoms with Gasteiger partial charge in [-0.1, -0.05) is 52.0 Å². The summed E-state index contributed by atoms with van der Waals surface area (Å²) < 4.78 is 0. The van der Waals surface area contributed by atoms with E-state index in [4.69, 9.17) is 5.73 Å². The van der Waals surface area contributed by atoms with Crippen LogP contribution < -0.4 is 11.1 Å².